The summed E-state index contributed by atoms with van der Waals surface area (Å²) < 4.78 is 26.5. The lowest BCUT2D eigenvalue weighted by Crippen LogP contribution is -2.42. The number of amides is 1. The minimum Gasteiger partial charge on any atom is -0.371 e. The monoisotopic (exact) mass is 268 g/mol. The van der Waals surface area contributed by atoms with Crippen LogP contribution >= 0.6 is 0 Å². The molecule has 0 saturated heterocycles. The molecular formula is C14H18F2N2O. The van der Waals surface area contributed by atoms with Crippen LogP contribution in [0.5, 0.6) is 0 Å². The van der Waals surface area contributed by atoms with Crippen molar-refractivity contribution < 1.29 is 13.6 Å². The minimum absolute atomic E-state index is 0.00840. The van der Waals surface area contributed by atoms with Crippen molar-refractivity contribution in [1.82, 2.24) is 5.32 Å². The molecule has 1 aliphatic carbocycles. The van der Waals surface area contributed by atoms with Crippen LogP contribution in [0.25, 0.3) is 0 Å². The van der Waals surface area contributed by atoms with E-state index in [0.29, 0.717) is 0 Å². The second-order valence-electron chi connectivity index (χ2n) is 4.98. The Hall–Kier alpha value is -1.65. The van der Waals surface area contributed by atoms with Gasteiger partial charge in [-0.1, -0.05) is 12.8 Å². The van der Waals surface area contributed by atoms with Crippen LogP contribution in [0.3, 0.4) is 0 Å². The normalized spacial score (nSPS) is 17.2. The number of hydrogen-bond donors (Lipinski definition) is 2. The van der Waals surface area contributed by atoms with Gasteiger partial charge in [0, 0.05) is 6.04 Å². The summed E-state index contributed by atoms with van der Waals surface area (Å²) in [5.41, 5.74) is 0.00840. The molecular weight excluding hydrogens is 250 g/mol. The van der Waals surface area contributed by atoms with E-state index in [0.717, 1.165) is 43.9 Å². The van der Waals surface area contributed by atoms with Crippen molar-refractivity contribution in [2.75, 3.05) is 5.32 Å². The summed E-state index contributed by atoms with van der Waals surface area (Å²) >= 11 is 0. The highest BCUT2D eigenvalue weighted by atomic mass is 19.1. The van der Waals surface area contributed by atoms with Gasteiger partial charge in [-0.25, -0.2) is 8.78 Å². The van der Waals surface area contributed by atoms with Gasteiger partial charge in [-0.2, -0.15) is 0 Å². The van der Waals surface area contributed by atoms with E-state index >= 15 is 0 Å². The first kappa shape index (κ1) is 13.8. The Morgan fingerprint density at radius 2 is 2.00 bits per heavy atom. The molecule has 1 atom stereocenters. The van der Waals surface area contributed by atoms with Gasteiger partial charge in [0.1, 0.15) is 17.7 Å². The molecule has 0 heterocycles. The fraction of sp³-hybridized carbons (Fsp3) is 0.500. The third-order valence-electron chi connectivity index (χ3n) is 3.40. The highest BCUT2D eigenvalue weighted by Crippen LogP contribution is 2.19. The van der Waals surface area contributed by atoms with Crippen LogP contribution < -0.4 is 10.6 Å². The van der Waals surface area contributed by atoms with Gasteiger partial charge >= 0.3 is 0 Å². The van der Waals surface area contributed by atoms with E-state index in [4.69, 9.17) is 0 Å². The minimum atomic E-state index is -0.600. The van der Waals surface area contributed by atoms with Gasteiger partial charge in [0.25, 0.3) is 0 Å². The summed E-state index contributed by atoms with van der Waals surface area (Å²) in [7, 11) is 0. The number of rotatable bonds is 4. The Balaban J connectivity index is 1.93. The van der Waals surface area contributed by atoms with Crippen molar-refractivity contribution >= 4 is 11.6 Å². The maximum Gasteiger partial charge on any atom is 0.242 e. The Morgan fingerprint density at radius 1 is 1.32 bits per heavy atom. The van der Waals surface area contributed by atoms with E-state index < -0.39 is 17.7 Å². The van der Waals surface area contributed by atoms with Gasteiger partial charge < -0.3 is 10.6 Å². The van der Waals surface area contributed by atoms with Crippen LogP contribution in [0.1, 0.15) is 32.6 Å². The Bertz CT molecular complexity index is 459. The molecule has 1 aromatic carbocycles. The average molecular weight is 268 g/mol. The van der Waals surface area contributed by atoms with Crippen LogP contribution in [-0.4, -0.2) is 18.0 Å². The molecule has 0 spiro atoms. The Labute approximate surface area is 111 Å². The number of halogens is 2. The third kappa shape index (κ3) is 3.66. The topological polar surface area (TPSA) is 41.1 Å². The zero-order valence-corrected chi connectivity index (χ0v) is 10.9. The van der Waals surface area contributed by atoms with E-state index in [-0.39, 0.29) is 17.6 Å². The molecule has 1 unspecified atom stereocenters. The van der Waals surface area contributed by atoms with Gasteiger partial charge in [-0.3, -0.25) is 4.79 Å². The molecule has 0 aromatic heterocycles. The van der Waals surface area contributed by atoms with Crippen molar-refractivity contribution in [3.05, 3.63) is 29.8 Å². The van der Waals surface area contributed by atoms with Crippen LogP contribution in [0, 0.1) is 11.6 Å². The van der Waals surface area contributed by atoms with Crippen LogP contribution in [0.2, 0.25) is 0 Å². The average Bonchev–Trinajstić information content (AvgIpc) is 2.86. The summed E-state index contributed by atoms with van der Waals surface area (Å²) in [6.45, 7) is 1.63. The summed E-state index contributed by atoms with van der Waals surface area (Å²) in [5.74, 6) is -1.29. The SMILES string of the molecule is CC(Nc1cc(F)ccc1F)C(=O)NC1CCCC1. The number of benzene rings is 1. The van der Waals surface area contributed by atoms with Crippen LogP contribution in [0.15, 0.2) is 18.2 Å². The van der Waals surface area contributed by atoms with E-state index in [1.165, 1.54) is 0 Å². The quantitative estimate of drug-likeness (QED) is 0.881. The highest BCUT2D eigenvalue weighted by Gasteiger charge is 2.21. The summed E-state index contributed by atoms with van der Waals surface area (Å²) in [5, 5.41) is 5.61. The molecule has 1 saturated carbocycles. The first-order valence-electron chi connectivity index (χ1n) is 6.58. The molecule has 19 heavy (non-hydrogen) atoms. The Morgan fingerprint density at radius 3 is 2.68 bits per heavy atom. The molecule has 5 heteroatoms. The zero-order chi connectivity index (χ0) is 13.8. The molecule has 0 bridgehead atoms. The molecule has 1 aromatic rings. The second-order valence-corrected chi connectivity index (χ2v) is 4.98. The molecule has 0 aliphatic heterocycles. The fourth-order valence-electron chi connectivity index (χ4n) is 2.30. The molecule has 3 nitrogen and oxygen atoms in total. The predicted octanol–water partition coefficient (Wildman–Crippen LogP) is 2.82. The number of carbonyl (C=O) groups is 1. The number of hydrogen-bond acceptors (Lipinski definition) is 2. The van der Waals surface area contributed by atoms with Gasteiger partial charge in [0.05, 0.1) is 5.69 Å². The van der Waals surface area contributed by atoms with E-state index in [9.17, 15) is 13.6 Å². The van der Waals surface area contributed by atoms with Gasteiger partial charge in [-0.05, 0) is 38.0 Å². The van der Waals surface area contributed by atoms with Crippen LogP contribution in [0.4, 0.5) is 14.5 Å². The molecule has 104 valence electrons. The molecule has 1 aliphatic rings. The van der Waals surface area contributed by atoms with Crippen LogP contribution in [-0.2, 0) is 4.79 Å². The molecule has 1 fully saturated rings. The van der Waals surface area contributed by atoms with Gasteiger partial charge in [0.2, 0.25) is 5.91 Å². The predicted molar refractivity (Wildman–Crippen MR) is 69.8 cm³/mol. The summed E-state index contributed by atoms with van der Waals surface area (Å²) in [6, 6.07) is 2.75. The van der Waals surface area contributed by atoms with E-state index in [1.54, 1.807) is 6.92 Å². The maximum absolute atomic E-state index is 13.4. The number of anilines is 1. The first-order chi connectivity index (χ1) is 9.06. The van der Waals surface area contributed by atoms with Crippen molar-refractivity contribution in [1.29, 1.82) is 0 Å². The lowest BCUT2D eigenvalue weighted by atomic mass is 10.2. The van der Waals surface area contributed by atoms with Crippen molar-refractivity contribution in [3.8, 4) is 0 Å². The second kappa shape index (κ2) is 5.99. The summed E-state index contributed by atoms with van der Waals surface area (Å²) in [4.78, 5) is 11.9. The standard InChI is InChI=1S/C14H18F2N2O/c1-9(14(19)18-11-4-2-3-5-11)17-13-8-10(15)6-7-12(13)16/h6-9,11,17H,2-5H2,1H3,(H,18,19). The molecule has 2 N–H and O–H groups in total. The van der Waals surface area contributed by atoms with Crippen molar-refractivity contribution in [3.63, 3.8) is 0 Å². The van der Waals surface area contributed by atoms with E-state index in [1.807, 2.05) is 0 Å². The summed E-state index contributed by atoms with van der Waals surface area (Å²) in [6.07, 6.45) is 4.25. The molecule has 1 amide bonds. The molecule has 2 rings (SSSR count). The van der Waals surface area contributed by atoms with Gasteiger partial charge in [-0.15, -0.1) is 0 Å². The third-order valence-corrected chi connectivity index (χ3v) is 3.40. The zero-order valence-electron chi connectivity index (χ0n) is 10.9. The lowest BCUT2D eigenvalue weighted by molar-refractivity contribution is -0.122. The Kier molecular flexibility index (Phi) is 4.35. The van der Waals surface area contributed by atoms with Crippen molar-refractivity contribution in [2.45, 2.75) is 44.7 Å². The smallest absolute Gasteiger partial charge is 0.242 e. The maximum atomic E-state index is 13.4. The number of nitrogens with one attached hydrogen (secondary N) is 2. The number of carbonyl (C=O) groups excluding carboxylic acids is 1. The first-order valence-corrected chi connectivity index (χ1v) is 6.58. The molecule has 0 radical (unpaired) electrons. The lowest BCUT2D eigenvalue weighted by Gasteiger charge is -2.18. The van der Waals surface area contributed by atoms with E-state index in [2.05, 4.69) is 10.6 Å². The highest BCUT2D eigenvalue weighted by molar-refractivity contribution is 5.84. The van der Waals surface area contributed by atoms with Crippen molar-refractivity contribution in [2.24, 2.45) is 0 Å². The van der Waals surface area contributed by atoms with Gasteiger partial charge in [0.15, 0.2) is 0 Å². The largest absolute Gasteiger partial charge is 0.371 e. The fourth-order valence-corrected chi connectivity index (χ4v) is 2.30.